The number of nitrogens with one attached hydrogen (secondary N) is 2. The van der Waals surface area contributed by atoms with Crippen LogP contribution in [0.1, 0.15) is 58.3 Å². The minimum Gasteiger partial charge on any atom is -0.375 e. The molecule has 0 aromatic carbocycles. The lowest BCUT2D eigenvalue weighted by molar-refractivity contribution is -0.121. The van der Waals surface area contributed by atoms with Gasteiger partial charge < -0.3 is 5.73 Å². The van der Waals surface area contributed by atoms with Gasteiger partial charge in [-0.25, -0.2) is 0 Å². The number of nitrogens with two attached hydrogens (primary N) is 1. The average molecular weight is 245 g/mol. The minimum absolute atomic E-state index is 0.0543. The first kappa shape index (κ1) is 15.2. The van der Waals surface area contributed by atoms with Crippen LogP contribution in [0.4, 0.5) is 0 Å². The third-order valence-corrected chi connectivity index (χ3v) is 2.43. The zero-order chi connectivity index (χ0) is 12.2. The summed E-state index contributed by atoms with van der Waals surface area (Å²) in [4.78, 5) is 11.2. The molecular formula is C11H23N3OS. The normalized spacial score (nSPS) is 9.81. The van der Waals surface area contributed by atoms with E-state index in [1.807, 2.05) is 0 Å². The molecule has 0 atom stereocenters. The van der Waals surface area contributed by atoms with Crippen LogP contribution in [-0.2, 0) is 4.79 Å². The highest BCUT2D eigenvalue weighted by atomic mass is 32.1. The maximum atomic E-state index is 11.2. The van der Waals surface area contributed by atoms with E-state index in [9.17, 15) is 4.79 Å². The summed E-state index contributed by atoms with van der Waals surface area (Å²) in [5.74, 6) is -0.0543. The predicted molar refractivity (Wildman–Crippen MR) is 70.7 cm³/mol. The summed E-state index contributed by atoms with van der Waals surface area (Å²) in [7, 11) is 0. The van der Waals surface area contributed by atoms with Gasteiger partial charge in [-0.2, -0.15) is 0 Å². The van der Waals surface area contributed by atoms with Gasteiger partial charge in [0.25, 0.3) is 0 Å². The number of hydrogen-bond acceptors (Lipinski definition) is 2. The molecule has 0 aliphatic carbocycles. The van der Waals surface area contributed by atoms with Crippen LogP contribution in [0.15, 0.2) is 0 Å². The fourth-order valence-corrected chi connectivity index (χ4v) is 1.49. The lowest BCUT2D eigenvalue weighted by atomic mass is 10.1. The molecule has 0 rings (SSSR count). The third-order valence-electron chi connectivity index (χ3n) is 2.33. The predicted octanol–water partition coefficient (Wildman–Crippen LogP) is 1.99. The van der Waals surface area contributed by atoms with E-state index < -0.39 is 0 Å². The first-order chi connectivity index (χ1) is 7.66. The monoisotopic (exact) mass is 245 g/mol. The molecule has 0 radical (unpaired) electrons. The molecule has 0 saturated carbocycles. The van der Waals surface area contributed by atoms with Crippen molar-refractivity contribution < 1.29 is 4.79 Å². The Morgan fingerprint density at radius 2 is 1.62 bits per heavy atom. The smallest absolute Gasteiger partial charge is 0.238 e. The number of hydrogen-bond donors (Lipinski definition) is 3. The number of amides is 1. The van der Waals surface area contributed by atoms with Gasteiger partial charge in [-0.15, -0.1) is 0 Å². The van der Waals surface area contributed by atoms with Crippen molar-refractivity contribution in [1.29, 1.82) is 0 Å². The molecule has 94 valence electrons. The van der Waals surface area contributed by atoms with E-state index in [1.54, 1.807) is 0 Å². The molecule has 5 heteroatoms. The van der Waals surface area contributed by atoms with Gasteiger partial charge in [-0.3, -0.25) is 15.6 Å². The van der Waals surface area contributed by atoms with Gasteiger partial charge >= 0.3 is 0 Å². The van der Waals surface area contributed by atoms with Crippen LogP contribution >= 0.6 is 12.2 Å². The highest BCUT2D eigenvalue weighted by Gasteiger charge is 2.00. The van der Waals surface area contributed by atoms with Crippen LogP contribution in [0, 0.1) is 0 Å². The van der Waals surface area contributed by atoms with Crippen molar-refractivity contribution in [3.63, 3.8) is 0 Å². The van der Waals surface area contributed by atoms with Crippen LogP contribution in [0.5, 0.6) is 0 Å². The Morgan fingerprint density at radius 1 is 1.06 bits per heavy atom. The second-order valence-corrected chi connectivity index (χ2v) is 4.35. The molecule has 0 aliphatic rings. The van der Waals surface area contributed by atoms with E-state index >= 15 is 0 Å². The highest BCUT2D eigenvalue weighted by molar-refractivity contribution is 7.80. The largest absolute Gasteiger partial charge is 0.375 e. The van der Waals surface area contributed by atoms with Gasteiger partial charge in [0, 0.05) is 6.42 Å². The van der Waals surface area contributed by atoms with Crippen molar-refractivity contribution >= 4 is 23.2 Å². The Hall–Kier alpha value is -0.840. The molecular weight excluding hydrogens is 222 g/mol. The molecule has 0 aromatic rings. The summed E-state index contributed by atoms with van der Waals surface area (Å²) < 4.78 is 0. The summed E-state index contributed by atoms with van der Waals surface area (Å²) in [6, 6.07) is 0. The molecule has 4 nitrogen and oxygen atoms in total. The van der Waals surface area contributed by atoms with Crippen molar-refractivity contribution in [3.8, 4) is 0 Å². The van der Waals surface area contributed by atoms with Gasteiger partial charge in [0.2, 0.25) is 5.91 Å². The molecule has 0 aromatic heterocycles. The Balaban J connectivity index is 3.18. The van der Waals surface area contributed by atoms with Crippen molar-refractivity contribution in [3.05, 3.63) is 0 Å². The Labute approximate surface area is 103 Å². The van der Waals surface area contributed by atoms with E-state index in [2.05, 4.69) is 30.0 Å². The Morgan fingerprint density at radius 3 is 2.19 bits per heavy atom. The summed E-state index contributed by atoms with van der Waals surface area (Å²) in [6.45, 7) is 2.21. The van der Waals surface area contributed by atoms with E-state index in [0.29, 0.717) is 6.42 Å². The van der Waals surface area contributed by atoms with Gasteiger partial charge in [-0.1, -0.05) is 45.4 Å². The molecule has 0 aliphatic heterocycles. The quantitative estimate of drug-likeness (QED) is 0.347. The molecule has 0 unspecified atom stereocenters. The second kappa shape index (κ2) is 10.7. The lowest BCUT2D eigenvalue weighted by Gasteiger charge is -2.05. The summed E-state index contributed by atoms with van der Waals surface area (Å²) >= 11 is 4.56. The Kier molecular flexibility index (Phi) is 10.1. The molecule has 0 spiro atoms. The van der Waals surface area contributed by atoms with Crippen LogP contribution < -0.4 is 16.6 Å². The summed E-state index contributed by atoms with van der Waals surface area (Å²) in [5.41, 5.74) is 10.0. The molecule has 0 fully saturated rings. The van der Waals surface area contributed by atoms with E-state index in [0.717, 1.165) is 12.8 Å². The van der Waals surface area contributed by atoms with Crippen LogP contribution in [-0.4, -0.2) is 11.0 Å². The van der Waals surface area contributed by atoms with Crippen molar-refractivity contribution in [2.45, 2.75) is 58.3 Å². The fourth-order valence-electron chi connectivity index (χ4n) is 1.44. The molecule has 0 heterocycles. The number of rotatable bonds is 8. The fraction of sp³-hybridized carbons (Fsp3) is 0.818. The number of unbranched alkanes of at least 4 members (excludes halogenated alkanes) is 6. The van der Waals surface area contributed by atoms with E-state index in [1.165, 1.54) is 32.1 Å². The molecule has 16 heavy (non-hydrogen) atoms. The topological polar surface area (TPSA) is 67.2 Å². The molecule has 4 N–H and O–H groups in total. The average Bonchev–Trinajstić information content (AvgIpc) is 2.25. The zero-order valence-corrected chi connectivity index (χ0v) is 10.9. The summed E-state index contributed by atoms with van der Waals surface area (Å²) in [6.07, 6.45) is 8.97. The number of thiocarbonyl (C=S) groups is 1. The zero-order valence-electron chi connectivity index (χ0n) is 10.1. The van der Waals surface area contributed by atoms with Gasteiger partial charge in [0.15, 0.2) is 5.11 Å². The van der Waals surface area contributed by atoms with Crippen LogP contribution in [0.2, 0.25) is 0 Å². The van der Waals surface area contributed by atoms with Crippen molar-refractivity contribution in [2.24, 2.45) is 5.73 Å². The molecule has 0 saturated heterocycles. The number of hydrazine groups is 1. The second-order valence-electron chi connectivity index (χ2n) is 3.91. The first-order valence-electron chi connectivity index (χ1n) is 6.01. The van der Waals surface area contributed by atoms with Crippen molar-refractivity contribution in [1.82, 2.24) is 10.9 Å². The number of carbonyl (C=O) groups is 1. The SMILES string of the molecule is CCCCCCCCCC(=O)NNC(N)=S. The van der Waals surface area contributed by atoms with Crippen LogP contribution in [0.3, 0.4) is 0 Å². The summed E-state index contributed by atoms with van der Waals surface area (Å²) in [5, 5.41) is 0.0907. The minimum atomic E-state index is -0.0543. The maximum Gasteiger partial charge on any atom is 0.238 e. The third kappa shape index (κ3) is 11.2. The molecule has 1 amide bonds. The van der Waals surface area contributed by atoms with Gasteiger partial charge in [0.05, 0.1) is 0 Å². The lowest BCUT2D eigenvalue weighted by Crippen LogP contribution is -2.44. The van der Waals surface area contributed by atoms with E-state index in [-0.39, 0.29) is 11.0 Å². The standard InChI is InChI=1S/C11H23N3OS/c1-2-3-4-5-6-7-8-9-10(15)13-14-11(12)16/h2-9H2,1H3,(H,13,15)(H3,12,14,16). The number of carbonyl (C=O) groups excluding carboxylic acids is 1. The van der Waals surface area contributed by atoms with Gasteiger partial charge in [0.1, 0.15) is 0 Å². The highest BCUT2D eigenvalue weighted by Crippen LogP contribution is 2.07. The van der Waals surface area contributed by atoms with Crippen molar-refractivity contribution in [2.75, 3.05) is 0 Å². The molecule has 0 bridgehead atoms. The Bertz CT molecular complexity index is 209. The first-order valence-corrected chi connectivity index (χ1v) is 6.42. The van der Waals surface area contributed by atoms with E-state index in [4.69, 9.17) is 5.73 Å². The maximum absolute atomic E-state index is 11.2. The van der Waals surface area contributed by atoms with Gasteiger partial charge in [-0.05, 0) is 18.6 Å². The van der Waals surface area contributed by atoms with Crippen LogP contribution in [0.25, 0.3) is 0 Å².